The molecule has 0 fully saturated rings. The van der Waals surface area contributed by atoms with Crippen LogP contribution in [-0.4, -0.2) is 27.6 Å². The highest BCUT2D eigenvalue weighted by atomic mass is 16.5. The van der Waals surface area contributed by atoms with Gasteiger partial charge in [-0.3, -0.25) is 4.79 Å². The lowest BCUT2D eigenvalue weighted by atomic mass is 10.1. The summed E-state index contributed by atoms with van der Waals surface area (Å²) in [5.41, 5.74) is 2.05. The van der Waals surface area contributed by atoms with Crippen molar-refractivity contribution >= 4 is 12.2 Å². The quantitative estimate of drug-likeness (QED) is 0.733. The van der Waals surface area contributed by atoms with Crippen LogP contribution in [0.3, 0.4) is 0 Å². The highest BCUT2D eigenvalue weighted by Gasteiger charge is 2.06. The molecule has 1 aromatic rings. The van der Waals surface area contributed by atoms with E-state index in [2.05, 4.69) is 5.32 Å². The van der Waals surface area contributed by atoms with Crippen LogP contribution < -0.4 is 15.0 Å². The summed E-state index contributed by atoms with van der Waals surface area (Å²) >= 11 is 0. The molecule has 15 heavy (non-hydrogen) atoms. The molecule has 4 heteroatoms. The molecule has 0 spiro atoms. The summed E-state index contributed by atoms with van der Waals surface area (Å²) in [6.45, 7) is 1.24. The zero-order chi connectivity index (χ0) is 11.3. The first kappa shape index (κ1) is 11.5. The zero-order valence-corrected chi connectivity index (χ0v) is 9.28. The van der Waals surface area contributed by atoms with Gasteiger partial charge in [-0.05, 0) is 24.7 Å². The summed E-state index contributed by atoms with van der Waals surface area (Å²) in [6.07, 6.45) is 0. The minimum atomic E-state index is 0.445. The van der Waals surface area contributed by atoms with Gasteiger partial charge >= 0.3 is 0 Å². The third-order valence-electron chi connectivity index (χ3n) is 2.06. The van der Waals surface area contributed by atoms with E-state index in [1.54, 1.807) is 6.07 Å². The van der Waals surface area contributed by atoms with Crippen molar-refractivity contribution < 1.29 is 9.53 Å². The Morgan fingerprint density at radius 2 is 2.20 bits per heavy atom. The number of carbonyl (C=O) groups is 1. The van der Waals surface area contributed by atoms with Crippen LogP contribution in [0.5, 0.6) is 5.75 Å². The van der Waals surface area contributed by atoms with E-state index in [0.717, 1.165) is 17.8 Å². The molecule has 0 aromatic heterocycles. The van der Waals surface area contributed by atoms with Crippen molar-refractivity contribution in [3.8, 4) is 5.75 Å². The van der Waals surface area contributed by atoms with E-state index in [-0.39, 0.29) is 0 Å². The molecule has 0 aliphatic carbocycles. The van der Waals surface area contributed by atoms with Gasteiger partial charge in [-0.2, -0.15) is 0 Å². The third kappa shape index (κ3) is 2.95. The number of hydrogen-bond acceptors (Lipinski definition) is 4. The molecule has 0 saturated heterocycles. The van der Waals surface area contributed by atoms with Crippen LogP contribution in [0.4, 0.5) is 5.69 Å². The van der Waals surface area contributed by atoms with E-state index in [1.807, 2.05) is 38.2 Å². The van der Waals surface area contributed by atoms with Gasteiger partial charge in [0.25, 0.3) is 6.47 Å². The summed E-state index contributed by atoms with van der Waals surface area (Å²) < 4.78 is 4.89. The molecule has 0 heterocycles. The molecule has 82 valence electrons. The Kier molecular flexibility index (Phi) is 4.12. The first-order valence-corrected chi connectivity index (χ1v) is 4.74. The minimum absolute atomic E-state index is 0.445. The van der Waals surface area contributed by atoms with Gasteiger partial charge in [0.05, 0.1) is 5.69 Å². The van der Waals surface area contributed by atoms with Crippen molar-refractivity contribution in [1.82, 2.24) is 5.32 Å². The molecule has 0 radical (unpaired) electrons. The normalized spacial score (nSPS) is 9.80. The molecule has 1 aromatic carbocycles. The average molecular weight is 208 g/mol. The number of ether oxygens (including phenoxy) is 1. The van der Waals surface area contributed by atoms with E-state index >= 15 is 0 Å². The monoisotopic (exact) mass is 208 g/mol. The van der Waals surface area contributed by atoms with E-state index in [9.17, 15) is 4.79 Å². The molecule has 1 N–H and O–H groups in total. The van der Waals surface area contributed by atoms with Crippen LogP contribution in [0.25, 0.3) is 0 Å². The van der Waals surface area contributed by atoms with Crippen LogP contribution >= 0.6 is 0 Å². The summed E-state index contributed by atoms with van der Waals surface area (Å²) in [4.78, 5) is 12.2. The van der Waals surface area contributed by atoms with Gasteiger partial charge in [0.15, 0.2) is 5.75 Å². The molecule has 0 bridgehead atoms. The lowest BCUT2D eigenvalue weighted by molar-refractivity contribution is -0.120. The zero-order valence-electron chi connectivity index (χ0n) is 9.28. The smallest absolute Gasteiger partial charge is 0.298 e. The first-order valence-electron chi connectivity index (χ1n) is 4.74. The predicted octanol–water partition coefficient (Wildman–Crippen LogP) is 1.01. The van der Waals surface area contributed by atoms with Crippen LogP contribution in [0.1, 0.15) is 5.56 Å². The maximum absolute atomic E-state index is 10.3. The lowest BCUT2D eigenvalue weighted by Crippen LogP contribution is -2.12. The Morgan fingerprint density at radius 1 is 1.47 bits per heavy atom. The Bertz CT molecular complexity index is 337. The van der Waals surface area contributed by atoms with Gasteiger partial charge < -0.3 is 15.0 Å². The fourth-order valence-corrected chi connectivity index (χ4v) is 1.38. The topological polar surface area (TPSA) is 41.6 Å². The van der Waals surface area contributed by atoms with Gasteiger partial charge in [0.1, 0.15) is 0 Å². The SMILES string of the molecule is CNCc1ccc(OC=O)c(N(C)C)c1. The van der Waals surface area contributed by atoms with Gasteiger partial charge in [-0.25, -0.2) is 0 Å². The van der Waals surface area contributed by atoms with Crippen molar-refractivity contribution in [3.63, 3.8) is 0 Å². The number of carbonyl (C=O) groups excluding carboxylic acids is 1. The summed E-state index contributed by atoms with van der Waals surface area (Å²) in [6, 6.07) is 5.73. The molecule has 4 nitrogen and oxygen atoms in total. The molecule has 0 saturated carbocycles. The van der Waals surface area contributed by atoms with Crippen LogP contribution in [0.15, 0.2) is 18.2 Å². The number of benzene rings is 1. The van der Waals surface area contributed by atoms with Crippen LogP contribution in [0.2, 0.25) is 0 Å². The highest BCUT2D eigenvalue weighted by Crippen LogP contribution is 2.27. The van der Waals surface area contributed by atoms with Gasteiger partial charge in [0.2, 0.25) is 0 Å². The average Bonchev–Trinajstić information content (AvgIpc) is 2.21. The van der Waals surface area contributed by atoms with Gasteiger partial charge in [0, 0.05) is 20.6 Å². The standard InChI is InChI=1S/C11H16N2O2/c1-12-7-9-4-5-11(15-8-14)10(6-9)13(2)3/h4-6,8,12H,7H2,1-3H3. The van der Waals surface area contributed by atoms with Crippen molar-refractivity contribution in [2.75, 3.05) is 26.0 Å². The fourth-order valence-electron chi connectivity index (χ4n) is 1.38. The Morgan fingerprint density at radius 3 is 2.73 bits per heavy atom. The van der Waals surface area contributed by atoms with E-state index < -0.39 is 0 Å². The Hall–Kier alpha value is -1.55. The van der Waals surface area contributed by atoms with Crippen molar-refractivity contribution in [3.05, 3.63) is 23.8 Å². The second kappa shape index (κ2) is 5.36. The number of anilines is 1. The Balaban J connectivity index is 3.02. The van der Waals surface area contributed by atoms with Crippen molar-refractivity contribution in [1.29, 1.82) is 0 Å². The fraction of sp³-hybridized carbons (Fsp3) is 0.364. The number of nitrogens with one attached hydrogen (secondary N) is 1. The first-order chi connectivity index (χ1) is 7.19. The molecule has 0 aliphatic rings. The second-order valence-electron chi connectivity index (χ2n) is 3.44. The van der Waals surface area contributed by atoms with Crippen LogP contribution in [-0.2, 0) is 11.3 Å². The minimum Gasteiger partial charge on any atom is -0.427 e. The maximum Gasteiger partial charge on any atom is 0.298 e. The summed E-state index contributed by atoms with van der Waals surface area (Å²) in [5.74, 6) is 0.579. The van der Waals surface area contributed by atoms with Gasteiger partial charge in [-0.15, -0.1) is 0 Å². The molecule has 0 aliphatic heterocycles. The van der Waals surface area contributed by atoms with Crippen molar-refractivity contribution in [2.45, 2.75) is 6.54 Å². The second-order valence-corrected chi connectivity index (χ2v) is 3.44. The number of nitrogens with zero attached hydrogens (tertiary/aromatic N) is 1. The predicted molar refractivity (Wildman–Crippen MR) is 60.2 cm³/mol. The van der Waals surface area contributed by atoms with E-state index in [0.29, 0.717) is 12.2 Å². The summed E-state index contributed by atoms with van der Waals surface area (Å²) in [7, 11) is 5.72. The van der Waals surface area contributed by atoms with E-state index in [1.165, 1.54) is 0 Å². The molecular formula is C11H16N2O2. The summed E-state index contributed by atoms with van der Waals surface area (Å²) in [5, 5.41) is 3.07. The van der Waals surface area contributed by atoms with Crippen LogP contribution in [0, 0.1) is 0 Å². The third-order valence-corrected chi connectivity index (χ3v) is 2.06. The van der Waals surface area contributed by atoms with Crippen molar-refractivity contribution in [2.24, 2.45) is 0 Å². The van der Waals surface area contributed by atoms with Gasteiger partial charge in [-0.1, -0.05) is 6.07 Å². The molecule has 1 rings (SSSR count). The number of hydrogen-bond donors (Lipinski definition) is 1. The lowest BCUT2D eigenvalue weighted by Gasteiger charge is -2.17. The molecule has 0 amide bonds. The largest absolute Gasteiger partial charge is 0.427 e. The molecular weight excluding hydrogens is 192 g/mol. The Labute approximate surface area is 89.8 Å². The molecule has 0 atom stereocenters. The van der Waals surface area contributed by atoms with E-state index in [4.69, 9.17) is 4.74 Å². The number of rotatable bonds is 5. The maximum atomic E-state index is 10.3. The molecule has 0 unspecified atom stereocenters. The highest BCUT2D eigenvalue weighted by molar-refractivity contribution is 5.63.